The van der Waals surface area contributed by atoms with Crippen LogP contribution in [0.1, 0.15) is 76.2 Å². The summed E-state index contributed by atoms with van der Waals surface area (Å²) in [5.74, 6) is -0.823. The molecule has 0 bridgehead atoms. The third kappa shape index (κ3) is 6.83. The van der Waals surface area contributed by atoms with Crippen LogP contribution in [0.5, 0.6) is 0 Å². The first-order chi connectivity index (χ1) is 20.8. The zero-order chi connectivity index (χ0) is 31.8. The number of anilines is 2. The lowest BCUT2D eigenvalue weighted by Crippen LogP contribution is -2.44. The van der Waals surface area contributed by atoms with Crippen LogP contribution in [-0.2, 0) is 23.7 Å². The number of rotatable bonds is 8. The van der Waals surface area contributed by atoms with Crippen molar-refractivity contribution in [1.29, 1.82) is 0 Å². The Kier molecular flexibility index (Phi) is 9.18. The maximum atomic E-state index is 13.6. The Hall–Kier alpha value is -3.32. The second kappa shape index (κ2) is 12.6. The zero-order valence-corrected chi connectivity index (χ0v) is 26.7. The summed E-state index contributed by atoms with van der Waals surface area (Å²) in [6.45, 7) is 14.5. The lowest BCUT2D eigenvalue weighted by atomic mass is 10.1. The number of halogens is 1. The topological polar surface area (TPSA) is 125 Å². The molecule has 1 amide bonds. The minimum Gasteiger partial charge on any atom is -0.459 e. The second-order valence-electron chi connectivity index (χ2n) is 12.6. The SMILES string of the molecule is C=NN(c1nc(Cl)nc(N(C(=O)OC(C)(C)C)C2CCCC2)c1C)[C@@H]1O[C@H](COC(=O)c2ccccc2)[C@H]2OC(C)(C)O[C@H]21. The molecule has 238 valence electrons. The van der Waals surface area contributed by atoms with E-state index in [1.807, 2.05) is 26.8 Å². The lowest BCUT2D eigenvalue weighted by Gasteiger charge is -2.34. The molecule has 1 aromatic carbocycles. The normalized spacial score (nSPS) is 24.5. The smallest absolute Gasteiger partial charge is 0.416 e. The summed E-state index contributed by atoms with van der Waals surface area (Å²) in [4.78, 5) is 36.8. The van der Waals surface area contributed by atoms with Gasteiger partial charge in [-0.3, -0.25) is 4.90 Å². The van der Waals surface area contributed by atoms with Crippen LogP contribution in [0.4, 0.5) is 16.4 Å². The average molecular weight is 630 g/mol. The maximum absolute atomic E-state index is 13.6. The van der Waals surface area contributed by atoms with Gasteiger partial charge in [-0.15, -0.1) is 0 Å². The summed E-state index contributed by atoms with van der Waals surface area (Å²) < 4.78 is 30.2. The molecule has 13 heteroatoms. The van der Waals surface area contributed by atoms with Gasteiger partial charge in [-0.2, -0.15) is 15.1 Å². The summed E-state index contributed by atoms with van der Waals surface area (Å²) in [7, 11) is 0. The predicted octanol–water partition coefficient (Wildman–Crippen LogP) is 5.65. The fourth-order valence-electron chi connectivity index (χ4n) is 5.88. The number of esters is 1. The number of carbonyl (C=O) groups excluding carboxylic acids is 2. The highest BCUT2D eigenvalue weighted by Gasteiger charge is 2.58. The minimum absolute atomic E-state index is 0.0846. The molecule has 0 unspecified atom stereocenters. The van der Waals surface area contributed by atoms with E-state index in [1.54, 1.807) is 49.9 Å². The first-order valence-corrected chi connectivity index (χ1v) is 15.2. The Morgan fingerprint density at radius 2 is 1.73 bits per heavy atom. The minimum atomic E-state index is -0.939. The van der Waals surface area contributed by atoms with Gasteiger partial charge in [0, 0.05) is 18.3 Å². The fourth-order valence-corrected chi connectivity index (χ4v) is 6.04. The summed E-state index contributed by atoms with van der Waals surface area (Å²) in [6.07, 6.45) is 0.265. The number of amides is 1. The van der Waals surface area contributed by atoms with E-state index in [0.29, 0.717) is 16.9 Å². The van der Waals surface area contributed by atoms with Gasteiger partial charge in [0.05, 0.1) is 5.56 Å². The molecule has 2 aromatic rings. The van der Waals surface area contributed by atoms with Gasteiger partial charge in [-0.25, -0.2) is 14.6 Å². The van der Waals surface area contributed by atoms with Gasteiger partial charge in [-0.05, 0) is 78.1 Å². The second-order valence-corrected chi connectivity index (χ2v) is 13.0. The van der Waals surface area contributed by atoms with Crippen LogP contribution in [0.3, 0.4) is 0 Å². The monoisotopic (exact) mass is 629 g/mol. The molecule has 3 fully saturated rings. The number of nitrogens with zero attached hydrogens (tertiary/aromatic N) is 5. The Labute approximate surface area is 262 Å². The van der Waals surface area contributed by atoms with E-state index < -0.39 is 48.0 Å². The number of hydrazone groups is 1. The number of hydrogen-bond acceptors (Lipinski definition) is 11. The Bertz CT molecular complexity index is 1380. The standard InChI is InChI=1S/C31H40ClN5O7/c1-18-24(36(20-15-11-12-16-20)29(39)44-30(2,3)4)34-28(32)35-25(18)37(33-7)26-23-22(42-31(5,6)43-23)21(41-26)17-40-27(38)19-13-9-8-10-14-19/h8-10,13-14,20-23,26H,7,11-12,15-17H2,1-6H3/t21-,22-,23-,26-/m1/s1. The van der Waals surface area contributed by atoms with Gasteiger partial charge in [-0.1, -0.05) is 31.0 Å². The zero-order valence-electron chi connectivity index (χ0n) is 26.0. The Balaban J connectivity index is 1.46. The van der Waals surface area contributed by atoms with Crippen LogP contribution < -0.4 is 9.91 Å². The molecule has 0 spiro atoms. The Morgan fingerprint density at radius 1 is 1.09 bits per heavy atom. The van der Waals surface area contributed by atoms with Crippen molar-refractivity contribution in [3.63, 3.8) is 0 Å². The van der Waals surface area contributed by atoms with Crippen molar-refractivity contribution in [3.05, 3.63) is 46.7 Å². The van der Waals surface area contributed by atoms with Crippen molar-refractivity contribution in [2.24, 2.45) is 5.10 Å². The molecular formula is C31H40ClN5O7. The summed E-state index contributed by atoms with van der Waals surface area (Å²) in [5.41, 5.74) is 0.235. The highest BCUT2D eigenvalue weighted by atomic mass is 35.5. The van der Waals surface area contributed by atoms with Gasteiger partial charge in [0.2, 0.25) is 5.28 Å². The van der Waals surface area contributed by atoms with Crippen LogP contribution in [0, 0.1) is 6.92 Å². The van der Waals surface area contributed by atoms with Crippen LogP contribution in [0.2, 0.25) is 5.28 Å². The molecule has 3 aliphatic rings. The third-order valence-electron chi connectivity index (χ3n) is 7.70. The number of hydrogen-bond donors (Lipinski definition) is 0. The van der Waals surface area contributed by atoms with Gasteiger partial charge < -0.3 is 23.7 Å². The molecule has 4 atom stereocenters. The number of aromatic nitrogens is 2. The number of fused-ring (bicyclic) bond motifs is 1. The molecule has 1 saturated carbocycles. The lowest BCUT2D eigenvalue weighted by molar-refractivity contribution is -0.190. The number of carbonyl (C=O) groups is 2. The van der Waals surface area contributed by atoms with E-state index in [0.717, 1.165) is 25.7 Å². The van der Waals surface area contributed by atoms with Crippen LogP contribution in [0.15, 0.2) is 35.4 Å². The van der Waals surface area contributed by atoms with E-state index >= 15 is 0 Å². The van der Waals surface area contributed by atoms with Gasteiger partial charge in [0.15, 0.2) is 17.8 Å². The fraction of sp³-hybridized carbons (Fsp3) is 0.581. The first kappa shape index (κ1) is 32.1. The third-order valence-corrected chi connectivity index (χ3v) is 7.87. The van der Waals surface area contributed by atoms with Crippen molar-refractivity contribution in [2.45, 2.75) is 109 Å². The largest absolute Gasteiger partial charge is 0.459 e. The molecule has 12 nitrogen and oxygen atoms in total. The molecule has 2 aliphatic heterocycles. The predicted molar refractivity (Wildman–Crippen MR) is 164 cm³/mol. The van der Waals surface area contributed by atoms with Crippen LogP contribution in [0.25, 0.3) is 0 Å². The van der Waals surface area contributed by atoms with Crippen molar-refractivity contribution in [1.82, 2.24) is 9.97 Å². The molecular weight excluding hydrogens is 590 g/mol. The summed E-state index contributed by atoms with van der Waals surface area (Å²) in [6, 6.07) is 8.59. The highest BCUT2D eigenvalue weighted by Crippen LogP contribution is 2.43. The molecule has 0 N–H and O–H groups in total. The first-order valence-electron chi connectivity index (χ1n) is 14.8. The molecule has 2 saturated heterocycles. The van der Waals surface area contributed by atoms with E-state index in [2.05, 4.69) is 21.8 Å². The van der Waals surface area contributed by atoms with Crippen molar-refractivity contribution < 1.29 is 33.3 Å². The van der Waals surface area contributed by atoms with E-state index in [4.69, 9.17) is 35.3 Å². The van der Waals surface area contributed by atoms with Crippen LogP contribution in [-0.4, -0.2) is 77.3 Å². The maximum Gasteiger partial charge on any atom is 0.416 e. The average Bonchev–Trinajstić information content (AvgIpc) is 3.66. The van der Waals surface area contributed by atoms with E-state index in [-0.39, 0.29) is 23.8 Å². The summed E-state index contributed by atoms with van der Waals surface area (Å²) >= 11 is 6.50. The van der Waals surface area contributed by atoms with Gasteiger partial charge >= 0.3 is 12.1 Å². The van der Waals surface area contributed by atoms with Gasteiger partial charge in [0.25, 0.3) is 0 Å². The number of benzene rings is 1. The number of ether oxygens (including phenoxy) is 5. The summed E-state index contributed by atoms with van der Waals surface area (Å²) in [5, 5.41) is 5.63. The van der Waals surface area contributed by atoms with E-state index in [9.17, 15) is 9.59 Å². The molecule has 0 radical (unpaired) electrons. The molecule has 5 rings (SSSR count). The molecule has 44 heavy (non-hydrogen) atoms. The van der Waals surface area contributed by atoms with Crippen molar-refractivity contribution in [2.75, 3.05) is 16.5 Å². The van der Waals surface area contributed by atoms with Crippen LogP contribution >= 0.6 is 11.6 Å². The molecule has 3 heterocycles. The van der Waals surface area contributed by atoms with E-state index in [1.165, 1.54) is 5.01 Å². The Morgan fingerprint density at radius 3 is 2.36 bits per heavy atom. The van der Waals surface area contributed by atoms with Gasteiger partial charge in [0.1, 0.15) is 36.3 Å². The highest BCUT2D eigenvalue weighted by molar-refractivity contribution is 6.28. The molecule has 1 aliphatic carbocycles. The van der Waals surface area contributed by atoms with Crippen molar-refractivity contribution in [3.8, 4) is 0 Å². The molecule has 1 aromatic heterocycles. The quantitative estimate of drug-likeness (QED) is 0.157. The van der Waals surface area contributed by atoms with Crippen molar-refractivity contribution >= 4 is 42.0 Å².